The second-order valence-electron chi connectivity index (χ2n) is 2.40. The van der Waals surface area contributed by atoms with Gasteiger partial charge in [-0.05, 0) is 12.1 Å². The van der Waals surface area contributed by atoms with Crippen molar-refractivity contribution in [3.8, 4) is 0 Å². The zero-order valence-electron chi connectivity index (χ0n) is 7.00. The van der Waals surface area contributed by atoms with Gasteiger partial charge >= 0.3 is 0 Å². The number of rotatable bonds is 2. The Bertz CT molecular complexity index is 319. The molecule has 0 saturated carbocycles. The summed E-state index contributed by atoms with van der Waals surface area (Å²) in [6, 6.07) is 2.69. The van der Waals surface area contributed by atoms with Gasteiger partial charge in [0.1, 0.15) is 5.88 Å². The third-order valence-corrected chi connectivity index (χ3v) is 1.77. The van der Waals surface area contributed by atoms with Gasteiger partial charge in [0.2, 0.25) is 5.91 Å². The summed E-state index contributed by atoms with van der Waals surface area (Å²) in [5.41, 5.74) is 0. The van der Waals surface area contributed by atoms with Crippen molar-refractivity contribution in [2.24, 2.45) is 0 Å². The number of halogens is 2. The van der Waals surface area contributed by atoms with Gasteiger partial charge in [-0.1, -0.05) is 0 Å². The van der Waals surface area contributed by atoms with Crippen LogP contribution in [0.2, 0.25) is 0 Å². The predicted molar refractivity (Wildman–Crippen MR) is 48.3 cm³/mol. The van der Waals surface area contributed by atoms with Gasteiger partial charge in [0.25, 0.3) is 0 Å². The molecule has 3 nitrogen and oxygen atoms in total. The maximum atomic E-state index is 13.0. The lowest BCUT2D eigenvalue weighted by Crippen LogP contribution is -2.28. The number of carbonyl (C=O) groups excluding carboxylic acids is 1. The van der Waals surface area contributed by atoms with Crippen molar-refractivity contribution in [3.63, 3.8) is 0 Å². The molecule has 0 fully saturated rings. The van der Waals surface area contributed by atoms with E-state index in [4.69, 9.17) is 11.6 Å². The number of aromatic nitrogens is 1. The highest BCUT2D eigenvalue weighted by Gasteiger charge is 2.13. The fraction of sp³-hybridized carbons (Fsp3) is 0.250. The molecule has 0 aliphatic rings. The molecule has 13 heavy (non-hydrogen) atoms. The first kappa shape index (κ1) is 9.92. The van der Waals surface area contributed by atoms with E-state index in [2.05, 4.69) is 4.98 Å². The van der Waals surface area contributed by atoms with Gasteiger partial charge < -0.3 is 0 Å². The highest BCUT2D eigenvalue weighted by Crippen LogP contribution is 2.13. The van der Waals surface area contributed by atoms with E-state index in [1.807, 2.05) is 0 Å². The number of pyridine rings is 1. The molecule has 0 N–H and O–H groups in total. The average molecular weight is 203 g/mol. The van der Waals surface area contributed by atoms with Crippen LogP contribution >= 0.6 is 11.6 Å². The van der Waals surface area contributed by atoms with Crippen LogP contribution in [0.15, 0.2) is 18.3 Å². The van der Waals surface area contributed by atoms with Crippen LogP contribution < -0.4 is 4.90 Å². The summed E-state index contributed by atoms with van der Waals surface area (Å²) >= 11 is 5.31. The third kappa shape index (κ3) is 2.15. The van der Waals surface area contributed by atoms with Crippen molar-refractivity contribution in [2.45, 2.75) is 0 Å². The summed E-state index contributed by atoms with van der Waals surface area (Å²) in [4.78, 5) is 15.9. The molecule has 0 aliphatic heterocycles. The van der Waals surface area contributed by atoms with Gasteiger partial charge in [0.15, 0.2) is 11.6 Å². The van der Waals surface area contributed by atoms with Crippen molar-refractivity contribution >= 4 is 23.3 Å². The third-order valence-electron chi connectivity index (χ3n) is 1.55. The maximum Gasteiger partial charge on any atom is 0.242 e. The lowest BCUT2D eigenvalue weighted by atomic mass is 10.4. The van der Waals surface area contributed by atoms with Crippen LogP contribution in [-0.4, -0.2) is 23.8 Å². The number of hydrogen-bond acceptors (Lipinski definition) is 2. The second kappa shape index (κ2) is 4.18. The fourth-order valence-electron chi connectivity index (χ4n) is 0.832. The van der Waals surface area contributed by atoms with Gasteiger partial charge in [-0.2, -0.15) is 0 Å². The summed E-state index contributed by atoms with van der Waals surface area (Å²) in [6.07, 6.45) is 1.41. The van der Waals surface area contributed by atoms with Crippen LogP contribution in [0, 0.1) is 5.82 Å². The van der Waals surface area contributed by atoms with Gasteiger partial charge in [-0.15, -0.1) is 11.6 Å². The minimum absolute atomic E-state index is 0.00634. The molecular formula is C8H8ClFN2O. The lowest BCUT2D eigenvalue weighted by molar-refractivity contribution is -0.116. The number of anilines is 1. The van der Waals surface area contributed by atoms with E-state index in [9.17, 15) is 9.18 Å². The van der Waals surface area contributed by atoms with Gasteiger partial charge in [-0.3, -0.25) is 9.69 Å². The zero-order chi connectivity index (χ0) is 9.84. The standard InChI is InChI=1S/C8H8ClFN2O/c1-12(7(13)5-9)8-6(10)3-2-4-11-8/h2-4H,5H2,1H3. The minimum Gasteiger partial charge on any atom is -0.296 e. The van der Waals surface area contributed by atoms with Crippen LogP contribution in [0.3, 0.4) is 0 Å². The fourth-order valence-corrected chi connectivity index (χ4v) is 1.01. The Morgan fingerprint density at radius 3 is 3.00 bits per heavy atom. The summed E-state index contributed by atoms with van der Waals surface area (Å²) in [7, 11) is 1.43. The quantitative estimate of drug-likeness (QED) is 0.680. The van der Waals surface area contributed by atoms with Crippen molar-refractivity contribution in [3.05, 3.63) is 24.1 Å². The molecule has 0 bridgehead atoms. The number of hydrogen-bond donors (Lipinski definition) is 0. The molecule has 0 aromatic carbocycles. The number of carbonyl (C=O) groups is 1. The maximum absolute atomic E-state index is 13.0. The van der Waals surface area contributed by atoms with E-state index in [1.165, 1.54) is 25.4 Å². The first-order valence-electron chi connectivity index (χ1n) is 3.60. The Balaban J connectivity index is 2.95. The number of nitrogens with zero attached hydrogens (tertiary/aromatic N) is 2. The molecule has 0 atom stereocenters. The molecule has 0 unspecified atom stereocenters. The number of amides is 1. The number of alkyl halides is 1. The summed E-state index contributed by atoms with van der Waals surface area (Å²) in [5, 5.41) is 0. The van der Waals surface area contributed by atoms with E-state index in [1.54, 1.807) is 0 Å². The van der Waals surface area contributed by atoms with Gasteiger partial charge in [0.05, 0.1) is 0 Å². The molecule has 0 radical (unpaired) electrons. The molecule has 1 aromatic heterocycles. The highest BCUT2D eigenvalue weighted by atomic mass is 35.5. The second-order valence-corrected chi connectivity index (χ2v) is 2.66. The van der Waals surface area contributed by atoms with E-state index in [-0.39, 0.29) is 17.6 Å². The van der Waals surface area contributed by atoms with Crippen molar-refractivity contribution in [1.82, 2.24) is 4.98 Å². The largest absolute Gasteiger partial charge is 0.296 e. The Kier molecular flexibility index (Phi) is 3.19. The monoisotopic (exact) mass is 202 g/mol. The van der Waals surface area contributed by atoms with E-state index < -0.39 is 5.82 Å². The molecular weight excluding hydrogens is 195 g/mol. The summed E-state index contributed by atoms with van der Waals surface area (Å²) < 4.78 is 13.0. The smallest absolute Gasteiger partial charge is 0.242 e. The van der Waals surface area contributed by atoms with Crippen LogP contribution in [0.1, 0.15) is 0 Å². The normalized spacial score (nSPS) is 9.77. The SMILES string of the molecule is CN(C(=O)CCl)c1ncccc1F. The Morgan fingerprint density at radius 2 is 2.46 bits per heavy atom. The zero-order valence-corrected chi connectivity index (χ0v) is 7.75. The molecule has 5 heteroatoms. The minimum atomic E-state index is -0.538. The molecule has 1 heterocycles. The molecule has 0 saturated heterocycles. The van der Waals surface area contributed by atoms with Crippen molar-refractivity contribution in [2.75, 3.05) is 17.8 Å². The van der Waals surface area contributed by atoms with Crippen LogP contribution in [-0.2, 0) is 4.79 Å². The van der Waals surface area contributed by atoms with E-state index in [0.717, 1.165) is 4.90 Å². The highest BCUT2D eigenvalue weighted by molar-refractivity contribution is 6.29. The summed E-state index contributed by atoms with van der Waals surface area (Å²) in [6.45, 7) is 0. The van der Waals surface area contributed by atoms with Gasteiger partial charge in [-0.25, -0.2) is 9.37 Å². The van der Waals surface area contributed by atoms with Gasteiger partial charge in [0, 0.05) is 13.2 Å². The summed E-state index contributed by atoms with van der Waals surface area (Å²) in [5.74, 6) is -1.12. The van der Waals surface area contributed by atoms with Crippen LogP contribution in [0.25, 0.3) is 0 Å². The lowest BCUT2D eigenvalue weighted by Gasteiger charge is -2.14. The van der Waals surface area contributed by atoms with Crippen molar-refractivity contribution < 1.29 is 9.18 Å². The van der Waals surface area contributed by atoms with E-state index in [0.29, 0.717) is 0 Å². The Labute approximate surface area is 80.1 Å². The topological polar surface area (TPSA) is 33.2 Å². The predicted octanol–water partition coefficient (Wildman–Crippen LogP) is 1.42. The van der Waals surface area contributed by atoms with Crippen LogP contribution in [0.5, 0.6) is 0 Å². The Morgan fingerprint density at radius 1 is 1.77 bits per heavy atom. The molecule has 1 amide bonds. The first-order chi connectivity index (χ1) is 6.16. The first-order valence-corrected chi connectivity index (χ1v) is 4.13. The molecule has 0 spiro atoms. The van der Waals surface area contributed by atoms with Crippen molar-refractivity contribution in [1.29, 1.82) is 0 Å². The Hall–Kier alpha value is -1.16. The average Bonchev–Trinajstić information content (AvgIpc) is 2.16. The molecule has 1 rings (SSSR count). The molecule has 0 aliphatic carbocycles. The molecule has 70 valence electrons. The molecule has 1 aromatic rings. The van der Waals surface area contributed by atoms with Crippen LogP contribution in [0.4, 0.5) is 10.2 Å². The van der Waals surface area contributed by atoms with E-state index >= 15 is 0 Å².